The predicted molar refractivity (Wildman–Crippen MR) is 360 cm³/mol. The third-order valence-electron chi connectivity index (χ3n) is 15.2. The number of carbonyl (C=O) groups excluding carboxylic acids is 6. The lowest BCUT2D eigenvalue weighted by atomic mass is 9.90. The Kier molecular flexibility index (Phi) is 24.8. The number of amides is 5. The number of nitrogens with zero attached hydrogens (tertiary/aromatic N) is 8. The first-order valence-corrected chi connectivity index (χ1v) is 35.5. The van der Waals surface area contributed by atoms with Crippen molar-refractivity contribution in [3.05, 3.63) is 111 Å². The van der Waals surface area contributed by atoms with E-state index < -0.39 is 84.4 Å². The van der Waals surface area contributed by atoms with Gasteiger partial charge >= 0.3 is 24.0 Å². The van der Waals surface area contributed by atoms with Crippen LogP contribution in [-0.2, 0) is 40.1 Å². The molecule has 506 valence electrons. The van der Waals surface area contributed by atoms with Crippen LogP contribution in [0.3, 0.4) is 0 Å². The van der Waals surface area contributed by atoms with Crippen LogP contribution in [0, 0.1) is 12.8 Å². The van der Waals surface area contributed by atoms with Crippen molar-refractivity contribution in [3.63, 3.8) is 0 Å². The van der Waals surface area contributed by atoms with E-state index in [4.69, 9.17) is 44.4 Å². The molecule has 5 amide bonds. The van der Waals surface area contributed by atoms with Crippen LogP contribution in [0.2, 0.25) is 0 Å². The second-order valence-corrected chi connectivity index (χ2v) is 28.3. The highest BCUT2D eigenvalue weighted by molar-refractivity contribution is 7.15. The monoisotopic (exact) mass is 1420 g/mol. The summed E-state index contributed by atoms with van der Waals surface area (Å²) >= 11 is 6.96. The lowest BCUT2D eigenvalue weighted by molar-refractivity contribution is -0.138. The number of carboxylic acid groups (broad SMARTS) is 3. The Labute approximate surface area is 573 Å². The normalized spacial score (nSPS) is 16.0. The predicted octanol–water partition coefficient (Wildman–Crippen LogP) is 10.3. The number of aryl methyl sites for hydroxylation is 1. The molecule has 0 saturated carbocycles. The molecule has 2 unspecified atom stereocenters. The van der Waals surface area contributed by atoms with Gasteiger partial charge in [-0.15, -0.1) is 68.0 Å². The fourth-order valence-electron chi connectivity index (χ4n) is 10.2. The molecule has 1 aliphatic rings. The molecular formula is C63H68N12O15S6. The number of aliphatic hydroxyl groups excluding tert-OH is 1. The number of pyridine rings is 1. The molecule has 8 heterocycles. The summed E-state index contributed by atoms with van der Waals surface area (Å²) in [5.41, 5.74) is 2.27. The van der Waals surface area contributed by atoms with Crippen LogP contribution in [-0.4, -0.2) is 142 Å². The SMILES string of the molecule is CNC(=O)C[C@@H]1NC(=O)c2csc(n2)-c2ccc(-c3nc(N(CCCCC(=O)O)C(=O)OC(CCCCC(=O)O)CCC(=O)O)cs3)nc2-c2csc(n2)-c2csc(n2)[C@H]([C@@H](O)c2ccccc2)NC(=O)CNC(=O)c2nc(sc2COC)C(C(C)C)CC(=O)c2nc1sc2C. The number of fused-ring (bicyclic) bond motifs is 14. The van der Waals surface area contributed by atoms with Gasteiger partial charge < -0.3 is 51.2 Å². The van der Waals surface area contributed by atoms with Crippen LogP contribution < -0.4 is 26.2 Å². The first-order chi connectivity index (χ1) is 46.1. The van der Waals surface area contributed by atoms with Crippen LogP contribution in [0.5, 0.6) is 0 Å². The highest BCUT2D eigenvalue weighted by atomic mass is 32.1. The average Bonchev–Trinajstić information content (AvgIpc) is 1.56. The van der Waals surface area contributed by atoms with Gasteiger partial charge in [-0.05, 0) is 69.1 Å². The number of hydrogen-bond donors (Lipinski definition) is 8. The lowest BCUT2D eigenvalue weighted by Crippen LogP contribution is -2.40. The van der Waals surface area contributed by atoms with Crippen molar-refractivity contribution in [2.24, 2.45) is 5.92 Å². The summed E-state index contributed by atoms with van der Waals surface area (Å²) in [6.07, 6.45) is -2.89. The van der Waals surface area contributed by atoms with E-state index in [1.54, 1.807) is 70.9 Å². The van der Waals surface area contributed by atoms with Gasteiger partial charge in [-0.2, -0.15) is 0 Å². The molecule has 7 aromatic heterocycles. The average molecular weight is 1430 g/mol. The number of ether oxygens (including phenoxy) is 2. The van der Waals surface area contributed by atoms with Crippen molar-refractivity contribution >= 4 is 127 Å². The Morgan fingerprint density at radius 3 is 2.07 bits per heavy atom. The van der Waals surface area contributed by atoms with Crippen molar-refractivity contribution in [1.29, 1.82) is 0 Å². The van der Waals surface area contributed by atoms with E-state index >= 15 is 0 Å². The van der Waals surface area contributed by atoms with Gasteiger partial charge in [0.15, 0.2) is 5.78 Å². The Morgan fingerprint density at radius 2 is 1.35 bits per heavy atom. The molecule has 33 heteroatoms. The molecule has 0 radical (unpaired) electrons. The molecule has 8 aromatic rings. The quantitative estimate of drug-likeness (QED) is 0.0276. The second-order valence-electron chi connectivity index (χ2n) is 22.5. The molecule has 0 saturated heterocycles. The number of thiazole rings is 6. The molecule has 96 heavy (non-hydrogen) atoms. The minimum atomic E-state index is -1.32. The fraction of sp³-hybridized carbons (Fsp3) is 0.397. The third-order valence-corrected chi connectivity index (χ3v) is 21.0. The summed E-state index contributed by atoms with van der Waals surface area (Å²) in [6, 6.07) is 9.90. The zero-order valence-corrected chi connectivity index (χ0v) is 57.4. The van der Waals surface area contributed by atoms with Gasteiger partial charge in [0, 0.05) is 84.3 Å². The molecule has 0 fully saturated rings. The maximum absolute atomic E-state index is 14.5. The van der Waals surface area contributed by atoms with Crippen LogP contribution in [0.1, 0.15) is 170 Å². The van der Waals surface area contributed by atoms with Gasteiger partial charge in [0.25, 0.3) is 11.8 Å². The summed E-state index contributed by atoms with van der Waals surface area (Å²) in [5, 5.41) is 59.9. The number of unbranched alkanes of at least 4 members (excludes halogenated alkanes) is 2. The number of aliphatic hydroxyl groups is 1. The molecule has 5 atom stereocenters. The van der Waals surface area contributed by atoms with E-state index in [-0.39, 0.29) is 123 Å². The Morgan fingerprint density at radius 1 is 0.677 bits per heavy atom. The van der Waals surface area contributed by atoms with Gasteiger partial charge in [-0.1, -0.05) is 44.2 Å². The Hall–Kier alpha value is -8.70. The van der Waals surface area contributed by atoms with Gasteiger partial charge in [-0.25, -0.2) is 39.7 Å². The molecule has 8 N–H and O–H groups in total. The Bertz CT molecular complexity index is 4120. The number of carbonyl (C=O) groups is 9. The Balaban J connectivity index is 1.11. The van der Waals surface area contributed by atoms with E-state index in [9.17, 15) is 63.6 Å². The maximum Gasteiger partial charge on any atom is 0.415 e. The number of aliphatic carboxylic acids is 3. The van der Waals surface area contributed by atoms with Crippen molar-refractivity contribution in [2.45, 2.75) is 128 Å². The van der Waals surface area contributed by atoms with E-state index in [2.05, 4.69) is 21.3 Å². The van der Waals surface area contributed by atoms with E-state index in [0.717, 1.165) is 45.3 Å². The largest absolute Gasteiger partial charge is 0.481 e. The van der Waals surface area contributed by atoms with Crippen molar-refractivity contribution in [3.8, 4) is 43.4 Å². The zero-order valence-electron chi connectivity index (χ0n) is 52.5. The van der Waals surface area contributed by atoms with Gasteiger partial charge in [0.1, 0.15) is 83.3 Å². The number of rotatable bonds is 23. The third kappa shape index (κ3) is 18.4. The summed E-state index contributed by atoms with van der Waals surface area (Å²) in [6.45, 7) is 5.01. The van der Waals surface area contributed by atoms with E-state index in [0.29, 0.717) is 69.4 Å². The zero-order chi connectivity index (χ0) is 68.7. The molecular weight excluding hydrogens is 1360 g/mol. The summed E-state index contributed by atoms with van der Waals surface area (Å²) in [5.74, 6) is -6.47. The van der Waals surface area contributed by atoms with Crippen LogP contribution >= 0.6 is 68.0 Å². The number of carboxylic acids is 3. The summed E-state index contributed by atoms with van der Waals surface area (Å²) in [4.78, 5) is 155. The molecule has 0 aliphatic carbocycles. The molecule has 1 aliphatic heterocycles. The van der Waals surface area contributed by atoms with E-state index in [1.165, 1.54) is 41.7 Å². The first-order valence-electron chi connectivity index (χ1n) is 30.4. The fourth-order valence-corrected chi connectivity index (χ4v) is 15.8. The number of benzene rings is 1. The highest BCUT2D eigenvalue weighted by Gasteiger charge is 2.34. The first kappa shape index (κ1) is 71.6. The topological polar surface area (TPSA) is 395 Å². The van der Waals surface area contributed by atoms with Gasteiger partial charge in [0.05, 0.1) is 41.2 Å². The molecule has 0 spiro atoms. The number of Topliss-reactive ketones (excluding diaryl/α,β-unsaturated/α-hetero) is 1. The number of nitrogens with one attached hydrogen (secondary N) is 4. The van der Waals surface area contributed by atoms with Crippen LogP contribution in [0.4, 0.5) is 10.6 Å². The van der Waals surface area contributed by atoms with E-state index in [1.807, 2.05) is 13.8 Å². The van der Waals surface area contributed by atoms with Crippen molar-refractivity contribution in [2.75, 3.05) is 32.1 Å². The smallest absolute Gasteiger partial charge is 0.415 e. The molecule has 1 aromatic carbocycles. The molecule has 10 bridgehead atoms. The number of hydrogen-bond acceptors (Lipinski definition) is 25. The van der Waals surface area contributed by atoms with Gasteiger partial charge in [0.2, 0.25) is 11.8 Å². The van der Waals surface area contributed by atoms with Gasteiger partial charge in [-0.3, -0.25) is 43.3 Å². The summed E-state index contributed by atoms with van der Waals surface area (Å²) in [7, 11) is 2.92. The number of ketones is 1. The minimum absolute atomic E-state index is 0.00216. The maximum atomic E-state index is 14.5. The minimum Gasteiger partial charge on any atom is -0.481 e. The lowest BCUT2D eigenvalue weighted by Gasteiger charge is -2.24. The van der Waals surface area contributed by atoms with Crippen LogP contribution in [0.25, 0.3) is 43.4 Å². The van der Waals surface area contributed by atoms with Crippen molar-refractivity contribution < 1.29 is 73.1 Å². The number of anilines is 1. The highest BCUT2D eigenvalue weighted by Crippen LogP contribution is 2.41. The number of aromatic nitrogens is 7. The summed E-state index contributed by atoms with van der Waals surface area (Å²) < 4.78 is 11.4. The standard InChI is InChI=1S/C63H68N12O15S6/c1-31(2)36-23-42(76)50-32(3)95-61(73-50)38(24-45(77)64-4)67-55(86)40-28-91-57(69-40)35-19-20-37(59-71-44(30-94-59)75(22-12-11-17-48(81)82)63(88)90-34(18-21-49(83)84)15-9-10-16-47(79)80)66-51(35)39-27-92-60(68-39)41-29-93-62(70-41)53(54(85)33-13-7-6-8-14-33)72-46(78)25-65-56(87)52-43(26-89-5)96-58(36)74-52/h6-8,13-14,19-20,27-31,34,36,38,53-54,85H,9-12,15-18,21-26H2,1-5H3,(H,64,77)(H,65,87)(H,67,86)(H,72,78)(H,79,80)(H,81,82)(H,83,84)/t34?,36?,38-,53-,54-/m0/s1. The van der Waals surface area contributed by atoms with Crippen molar-refractivity contribution in [1.82, 2.24) is 56.2 Å². The number of methoxy groups -OCH3 is 1. The molecule has 9 rings (SSSR count). The molecule has 27 nitrogen and oxygen atoms in total. The second kappa shape index (κ2) is 33.3. The van der Waals surface area contributed by atoms with Crippen LogP contribution in [0.15, 0.2) is 64.0 Å².